The molecule has 6 rings (SSSR count). The van der Waals surface area contributed by atoms with Gasteiger partial charge in [0.2, 0.25) is 0 Å². The van der Waals surface area contributed by atoms with Crippen LogP contribution < -0.4 is 31.6 Å². The summed E-state index contributed by atoms with van der Waals surface area (Å²) in [5.41, 5.74) is 19.4. The fourth-order valence-corrected chi connectivity index (χ4v) is 6.20. The fourth-order valence-electron chi connectivity index (χ4n) is 6.20. The molecule has 0 bridgehead atoms. The van der Waals surface area contributed by atoms with E-state index >= 15 is 0 Å². The molecule has 2 amide bonds. The second-order valence-electron chi connectivity index (χ2n) is 14.2. The lowest BCUT2D eigenvalue weighted by Gasteiger charge is -2.17. The summed E-state index contributed by atoms with van der Waals surface area (Å²) in [6.45, 7) is 10.9. The number of benzene rings is 4. The summed E-state index contributed by atoms with van der Waals surface area (Å²) >= 11 is 0. The Morgan fingerprint density at radius 1 is 0.672 bits per heavy atom. The molecule has 0 radical (unpaired) electrons. The molecule has 0 spiro atoms. The lowest BCUT2D eigenvalue weighted by Crippen LogP contribution is -2.24. The predicted octanol–water partition coefficient (Wildman–Crippen LogP) is 5.77. The molecule has 2 heterocycles. The van der Waals surface area contributed by atoms with Crippen LogP contribution in [0.4, 0.5) is 5.69 Å². The van der Waals surface area contributed by atoms with Gasteiger partial charge in [-0.2, -0.15) is 5.26 Å². The van der Waals surface area contributed by atoms with Gasteiger partial charge in [0.15, 0.2) is 5.69 Å². The van der Waals surface area contributed by atoms with Crippen molar-refractivity contribution in [2.75, 3.05) is 0 Å². The number of amides is 2. The van der Waals surface area contributed by atoms with E-state index < -0.39 is 0 Å². The Morgan fingerprint density at radius 2 is 1.05 bits per heavy atom. The number of nitrogens with two attached hydrogens (primary N) is 2. The SMILES string of the molecule is Cc1ncc(CNC(=O)c2ccc(C(=N)N)cc2)c(CO)c1OCc1ccc(C(=N)N)cc1.[C-]#[N+]c1ccc(COc2c(C)ncc(CNC(=O)c3ccc(C#N)cc3)c2CO)cc1. The maximum Gasteiger partial charge on any atom is 0.251 e. The maximum absolute atomic E-state index is 12.5. The van der Waals surface area contributed by atoms with Gasteiger partial charge in [0.25, 0.3) is 11.8 Å². The summed E-state index contributed by atoms with van der Waals surface area (Å²) in [5.74, 6) is 0.267. The number of amidine groups is 2. The van der Waals surface area contributed by atoms with E-state index in [2.05, 4.69) is 25.4 Å². The largest absolute Gasteiger partial charge is 0.487 e. The van der Waals surface area contributed by atoms with Crippen LogP contribution in [0.2, 0.25) is 0 Å². The third kappa shape index (κ3) is 12.3. The van der Waals surface area contributed by atoms with Crippen molar-refractivity contribution in [1.82, 2.24) is 20.6 Å². The number of pyridine rings is 2. The molecule has 324 valence electrons. The van der Waals surface area contributed by atoms with Crippen LogP contribution in [-0.4, -0.2) is 43.7 Å². The van der Waals surface area contributed by atoms with Crippen molar-refractivity contribution in [1.29, 1.82) is 16.1 Å². The molecule has 10 N–H and O–H groups in total. The van der Waals surface area contributed by atoms with Crippen LogP contribution in [-0.2, 0) is 39.5 Å². The second kappa shape index (κ2) is 22.4. The molecule has 6 aromatic rings. The molecule has 0 aliphatic carbocycles. The van der Waals surface area contributed by atoms with Crippen LogP contribution >= 0.6 is 0 Å². The molecular formula is C48H46N10O6. The summed E-state index contributed by atoms with van der Waals surface area (Å²) < 4.78 is 11.9. The highest BCUT2D eigenvalue weighted by atomic mass is 16.5. The zero-order valence-corrected chi connectivity index (χ0v) is 35.1. The van der Waals surface area contributed by atoms with Gasteiger partial charge in [0, 0.05) is 58.9 Å². The summed E-state index contributed by atoms with van der Waals surface area (Å²) in [7, 11) is 0. The minimum atomic E-state index is -0.303. The molecule has 0 saturated heterocycles. The molecule has 64 heavy (non-hydrogen) atoms. The van der Waals surface area contributed by atoms with E-state index in [-0.39, 0.29) is 63.0 Å². The first kappa shape index (κ1) is 46.6. The first-order valence-electron chi connectivity index (χ1n) is 19.7. The normalized spacial score (nSPS) is 10.3. The van der Waals surface area contributed by atoms with Crippen molar-refractivity contribution < 1.29 is 29.3 Å². The molecule has 0 unspecified atom stereocenters. The van der Waals surface area contributed by atoms with Crippen LogP contribution in [0.15, 0.2) is 109 Å². The first-order chi connectivity index (χ1) is 30.8. The highest BCUT2D eigenvalue weighted by Gasteiger charge is 2.17. The number of carbonyl (C=O) groups is 2. The summed E-state index contributed by atoms with van der Waals surface area (Å²) in [4.78, 5) is 37.0. The molecule has 0 aliphatic rings. The van der Waals surface area contributed by atoms with Gasteiger partial charge in [0.05, 0.1) is 42.8 Å². The number of nitriles is 1. The van der Waals surface area contributed by atoms with Gasteiger partial charge < -0.3 is 41.8 Å². The van der Waals surface area contributed by atoms with Crippen LogP contribution in [0.3, 0.4) is 0 Å². The Hall–Kier alpha value is -8.44. The Morgan fingerprint density at radius 3 is 1.42 bits per heavy atom. The molecule has 16 nitrogen and oxygen atoms in total. The van der Waals surface area contributed by atoms with E-state index in [0.717, 1.165) is 11.1 Å². The van der Waals surface area contributed by atoms with Crippen molar-refractivity contribution >= 4 is 29.2 Å². The zero-order chi connectivity index (χ0) is 46.2. The molecule has 2 aromatic heterocycles. The Labute approximate surface area is 370 Å². The molecule has 16 heteroatoms. The van der Waals surface area contributed by atoms with Crippen LogP contribution in [0, 0.1) is 42.6 Å². The van der Waals surface area contributed by atoms with Gasteiger partial charge in [-0.1, -0.05) is 60.7 Å². The molecule has 4 aromatic carbocycles. The average molecular weight is 859 g/mol. The molecule has 0 atom stereocenters. The second-order valence-corrected chi connectivity index (χ2v) is 14.2. The lowest BCUT2D eigenvalue weighted by atomic mass is 10.1. The van der Waals surface area contributed by atoms with Gasteiger partial charge in [0.1, 0.15) is 36.4 Å². The standard InChI is InChI=1S/C24H26N6O3.C24H20N4O3/c1-14-21(33-13-15-2-4-16(5-3-15)22(25)26)20(12-31)19(10-29-14)11-30-24(32)18-8-6-17(7-9-18)23(27)28;1-16-23(31-15-18-5-9-21(26-2)10-6-18)22(14-29)20(12-27-16)13-28-24(30)19-7-3-17(11-25)4-8-19/h2-10,31H,11-13H2,1H3,(H3,25,26)(H3,27,28)(H,30,32);3-10,12,29H,13-15H2,1H3,(H,28,30). The van der Waals surface area contributed by atoms with Gasteiger partial charge in [-0.05, 0) is 72.5 Å². The number of aromatic nitrogens is 2. The first-order valence-corrected chi connectivity index (χ1v) is 19.7. The Balaban J connectivity index is 0.000000241. The van der Waals surface area contributed by atoms with Crippen molar-refractivity contribution in [2.45, 2.75) is 53.4 Å². The van der Waals surface area contributed by atoms with Gasteiger partial charge >= 0.3 is 0 Å². The molecule has 0 aliphatic heterocycles. The van der Waals surface area contributed by atoms with E-state index in [9.17, 15) is 19.8 Å². The van der Waals surface area contributed by atoms with Crippen molar-refractivity contribution in [2.24, 2.45) is 11.5 Å². The van der Waals surface area contributed by atoms with Crippen molar-refractivity contribution in [3.63, 3.8) is 0 Å². The number of nitrogen functional groups attached to an aromatic ring is 2. The number of ether oxygens (including phenoxy) is 2. The van der Waals surface area contributed by atoms with Gasteiger partial charge in [-0.3, -0.25) is 30.4 Å². The fraction of sp³-hybridized carbons (Fsp3) is 0.167. The molecular weight excluding hydrogens is 813 g/mol. The number of hydrogen-bond acceptors (Lipinski definition) is 11. The highest BCUT2D eigenvalue weighted by Crippen LogP contribution is 2.28. The number of aliphatic hydroxyl groups is 2. The van der Waals surface area contributed by atoms with E-state index in [0.29, 0.717) is 78.6 Å². The minimum absolute atomic E-state index is 0.00498. The zero-order valence-electron chi connectivity index (χ0n) is 35.1. The van der Waals surface area contributed by atoms with Gasteiger partial charge in [-0.25, -0.2) is 4.85 Å². The van der Waals surface area contributed by atoms with E-state index in [1.54, 1.807) is 99.0 Å². The van der Waals surface area contributed by atoms with Crippen LogP contribution in [0.25, 0.3) is 4.85 Å². The van der Waals surface area contributed by atoms with E-state index in [4.69, 9.17) is 43.6 Å². The molecule has 0 saturated carbocycles. The quantitative estimate of drug-likeness (QED) is 0.0329. The number of aryl methyl sites for hydroxylation is 2. The third-order valence-corrected chi connectivity index (χ3v) is 9.83. The lowest BCUT2D eigenvalue weighted by molar-refractivity contribution is 0.0942. The number of carbonyl (C=O) groups excluding carboxylic acids is 2. The number of rotatable bonds is 16. The topological polar surface area (TPSA) is 271 Å². The predicted molar refractivity (Wildman–Crippen MR) is 240 cm³/mol. The Bertz CT molecular complexity index is 2710. The summed E-state index contributed by atoms with van der Waals surface area (Å²) in [6, 6.07) is 29.0. The third-order valence-electron chi connectivity index (χ3n) is 9.83. The van der Waals surface area contributed by atoms with Crippen molar-refractivity contribution in [3.05, 3.63) is 193 Å². The monoisotopic (exact) mass is 858 g/mol. The smallest absolute Gasteiger partial charge is 0.251 e. The van der Waals surface area contributed by atoms with Crippen LogP contribution in [0.5, 0.6) is 11.5 Å². The minimum Gasteiger partial charge on any atom is -0.487 e. The van der Waals surface area contributed by atoms with Crippen molar-refractivity contribution in [3.8, 4) is 17.6 Å². The molecule has 0 fully saturated rings. The average Bonchev–Trinajstić information content (AvgIpc) is 3.32. The number of nitrogens with zero attached hydrogens (tertiary/aromatic N) is 4. The highest BCUT2D eigenvalue weighted by molar-refractivity contribution is 5.98. The number of aliphatic hydroxyl groups excluding tert-OH is 2. The van der Waals surface area contributed by atoms with E-state index in [1.165, 1.54) is 0 Å². The summed E-state index contributed by atoms with van der Waals surface area (Å²) in [6.07, 6.45) is 3.21. The van der Waals surface area contributed by atoms with Gasteiger partial charge in [-0.15, -0.1) is 0 Å². The van der Waals surface area contributed by atoms with E-state index in [1.807, 2.05) is 30.3 Å². The Kier molecular flexibility index (Phi) is 16.3. The number of hydrogen-bond donors (Lipinski definition) is 8. The maximum atomic E-state index is 12.5. The number of nitrogens with one attached hydrogen (secondary N) is 4. The van der Waals surface area contributed by atoms with Crippen LogP contribution in [0.1, 0.15) is 82.2 Å². The summed E-state index contributed by atoms with van der Waals surface area (Å²) in [5, 5.41) is 49.3.